The largest absolute Gasteiger partial charge is 0.374 e. The molecule has 0 spiro atoms. The molecular weight excluding hydrogens is 242 g/mol. The smallest absolute Gasteiger partial charge is 0.243 e. The molecule has 0 saturated heterocycles. The van der Waals surface area contributed by atoms with Crippen LogP contribution < -0.4 is 5.73 Å². The molecule has 110 valence electrons. The Morgan fingerprint density at radius 2 is 1.53 bits per heavy atom. The molecule has 0 atom stereocenters. The van der Waals surface area contributed by atoms with Crippen LogP contribution in [0.5, 0.6) is 0 Å². The van der Waals surface area contributed by atoms with Gasteiger partial charge in [-0.1, -0.05) is 58.0 Å². The van der Waals surface area contributed by atoms with E-state index in [1.165, 1.54) is 0 Å². The zero-order valence-corrected chi connectivity index (χ0v) is 12.5. The molecular formula is C15H27NO3. The first-order valence-corrected chi connectivity index (χ1v) is 6.77. The van der Waals surface area contributed by atoms with Crippen LogP contribution in [0.25, 0.3) is 0 Å². The zero-order chi connectivity index (χ0) is 14.9. The molecule has 4 heteroatoms. The highest BCUT2D eigenvalue weighted by molar-refractivity contribution is 5.74. The molecule has 1 aromatic carbocycles. The van der Waals surface area contributed by atoms with Crippen molar-refractivity contribution in [1.82, 2.24) is 0 Å². The van der Waals surface area contributed by atoms with E-state index in [0.717, 1.165) is 5.56 Å². The van der Waals surface area contributed by atoms with E-state index < -0.39 is 5.91 Å². The summed E-state index contributed by atoms with van der Waals surface area (Å²) in [6.45, 7) is 9.35. The lowest BCUT2D eigenvalue weighted by atomic mass is 10.2. The van der Waals surface area contributed by atoms with Gasteiger partial charge in [-0.05, 0) is 5.56 Å². The van der Waals surface area contributed by atoms with Gasteiger partial charge in [0.05, 0.1) is 19.8 Å². The van der Waals surface area contributed by atoms with Gasteiger partial charge in [-0.25, -0.2) is 0 Å². The predicted octanol–water partition coefficient (Wildman–Crippen LogP) is 2.76. The van der Waals surface area contributed by atoms with E-state index in [1.54, 1.807) is 0 Å². The van der Waals surface area contributed by atoms with E-state index in [2.05, 4.69) is 0 Å². The van der Waals surface area contributed by atoms with Crippen molar-refractivity contribution >= 4 is 5.91 Å². The van der Waals surface area contributed by atoms with Gasteiger partial charge in [0.15, 0.2) is 0 Å². The molecule has 4 nitrogen and oxygen atoms in total. The van der Waals surface area contributed by atoms with Gasteiger partial charge in [0.1, 0.15) is 6.61 Å². The highest BCUT2D eigenvalue weighted by atomic mass is 16.5. The number of rotatable bonds is 7. The van der Waals surface area contributed by atoms with Gasteiger partial charge < -0.3 is 15.2 Å². The van der Waals surface area contributed by atoms with Gasteiger partial charge in [-0.15, -0.1) is 0 Å². The zero-order valence-electron chi connectivity index (χ0n) is 12.5. The SMILES string of the molecule is CC.CC.NC(=O)COCCOCc1ccccc1. The number of ether oxygens (including phenoxy) is 2. The Morgan fingerprint density at radius 3 is 2.05 bits per heavy atom. The average molecular weight is 269 g/mol. The van der Waals surface area contributed by atoms with Crippen molar-refractivity contribution in [1.29, 1.82) is 0 Å². The van der Waals surface area contributed by atoms with Crippen LogP contribution in [0.3, 0.4) is 0 Å². The second kappa shape index (κ2) is 16.6. The van der Waals surface area contributed by atoms with Crippen LogP contribution in [0.4, 0.5) is 0 Å². The first-order valence-electron chi connectivity index (χ1n) is 6.77. The minimum Gasteiger partial charge on any atom is -0.374 e. The Hall–Kier alpha value is -1.39. The van der Waals surface area contributed by atoms with Gasteiger partial charge in [0, 0.05) is 0 Å². The number of amides is 1. The van der Waals surface area contributed by atoms with E-state index in [4.69, 9.17) is 15.2 Å². The third-order valence-electron chi connectivity index (χ3n) is 1.73. The van der Waals surface area contributed by atoms with Crippen LogP contribution in [-0.4, -0.2) is 25.7 Å². The topological polar surface area (TPSA) is 61.6 Å². The fourth-order valence-corrected chi connectivity index (χ4v) is 1.05. The minimum absolute atomic E-state index is 0.0469. The van der Waals surface area contributed by atoms with Crippen LogP contribution in [0, 0.1) is 0 Å². The fraction of sp³-hybridized carbons (Fsp3) is 0.533. The van der Waals surface area contributed by atoms with E-state index in [0.29, 0.717) is 19.8 Å². The third-order valence-corrected chi connectivity index (χ3v) is 1.73. The standard InChI is InChI=1S/C11H15NO3.2C2H6/c12-11(13)9-15-7-6-14-8-10-4-2-1-3-5-10;2*1-2/h1-5H,6-9H2,(H2,12,13);2*1-2H3. The van der Waals surface area contributed by atoms with Crippen molar-refractivity contribution in [3.8, 4) is 0 Å². The van der Waals surface area contributed by atoms with Crippen LogP contribution >= 0.6 is 0 Å². The molecule has 1 amide bonds. The molecule has 0 fully saturated rings. The number of carbonyl (C=O) groups is 1. The summed E-state index contributed by atoms with van der Waals surface area (Å²) in [6.07, 6.45) is 0. The summed E-state index contributed by atoms with van der Waals surface area (Å²) in [6, 6.07) is 9.86. The molecule has 0 saturated carbocycles. The first-order chi connectivity index (χ1) is 9.29. The molecule has 0 bridgehead atoms. The van der Waals surface area contributed by atoms with Crippen molar-refractivity contribution < 1.29 is 14.3 Å². The molecule has 2 N–H and O–H groups in total. The summed E-state index contributed by atoms with van der Waals surface area (Å²) in [5, 5.41) is 0. The van der Waals surface area contributed by atoms with Crippen LogP contribution in [0.2, 0.25) is 0 Å². The summed E-state index contributed by atoms with van der Waals surface area (Å²) in [5.74, 6) is -0.460. The molecule has 19 heavy (non-hydrogen) atoms. The summed E-state index contributed by atoms with van der Waals surface area (Å²) in [5.41, 5.74) is 6.01. The number of benzene rings is 1. The molecule has 0 radical (unpaired) electrons. The second-order valence-electron chi connectivity index (χ2n) is 3.06. The molecule has 0 heterocycles. The Morgan fingerprint density at radius 1 is 1.00 bits per heavy atom. The number of hydrogen-bond acceptors (Lipinski definition) is 3. The molecule has 1 rings (SSSR count). The van der Waals surface area contributed by atoms with Crippen molar-refractivity contribution in [2.75, 3.05) is 19.8 Å². The van der Waals surface area contributed by atoms with Gasteiger partial charge in [0.25, 0.3) is 0 Å². The first kappa shape index (κ1) is 19.9. The Labute approximate surface area is 116 Å². The molecule has 0 aromatic heterocycles. The van der Waals surface area contributed by atoms with Gasteiger partial charge >= 0.3 is 0 Å². The van der Waals surface area contributed by atoms with Crippen molar-refractivity contribution in [3.05, 3.63) is 35.9 Å². The Balaban J connectivity index is 0. The highest BCUT2D eigenvalue weighted by Crippen LogP contribution is 1.99. The van der Waals surface area contributed by atoms with Crippen LogP contribution in [0.15, 0.2) is 30.3 Å². The lowest BCUT2D eigenvalue weighted by Crippen LogP contribution is -2.19. The van der Waals surface area contributed by atoms with Gasteiger partial charge in [0.2, 0.25) is 5.91 Å². The Kier molecular flexibility index (Phi) is 17.4. The lowest BCUT2D eigenvalue weighted by Gasteiger charge is -2.04. The maximum atomic E-state index is 10.3. The van der Waals surface area contributed by atoms with Crippen molar-refractivity contribution in [2.24, 2.45) is 5.73 Å². The highest BCUT2D eigenvalue weighted by Gasteiger charge is 1.94. The normalized spacial score (nSPS) is 8.63. The number of hydrogen-bond donors (Lipinski definition) is 1. The summed E-state index contributed by atoms with van der Waals surface area (Å²) in [7, 11) is 0. The molecule has 0 unspecified atom stereocenters. The second-order valence-corrected chi connectivity index (χ2v) is 3.06. The fourth-order valence-electron chi connectivity index (χ4n) is 1.05. The molecule has 0 aliphatic rings. The molecule has 0 aliphatic carbocycles. The number of nitrogens with two attached hydrogens (primary N) is 1. The van der Waals surface area contributed by atoms with Crippen molar-refractivity contribution in [2.45, 2.75) is 34.3 Å². The average Bonchev–Trinajstić information content (AvgIpc) is 2.48. The summed E-state index contributed by atoms with van der Waals surface area (Å²) < 4.78 is 10.3. The van der Waals surface area contributed by atoms with Gasteiger partial charge in [-0.3, -0.25) is 4.79 Å². The van der Waals surface area contributed by atoms with Crippen molar-refractivity contribution in [3.63, 3.8) is 0 Å². The summed E-state index contributed by atoms with van der Waals surface area (Å²) in [4.78, 5) is 10.3. The predicted molar refractivity (Wildman–Crippen MR) is 78.8 cm³/mol. The quantitative estimate of drug-likeness (QED) is 0.774. The molecule has 1 aromatic rings. The van der Waals surface area contributed by atoms with Crippen LogP contribution in [0.1, 0.15) is 33.3 Å². The maximum absolute atomic E-state index is 10.3. The third kappa shape index (κ3) is 14.6. The monoisotopic (exact) mass is 269 g/mol. The van der Waals surface area contributed by atoms with E-state index >= 15 is 0 Å². The van der Waals surface area contributed by atoms with Gasteiger partial charge in [-0.2, -0.15) is 0 Å². The summed E-state index contributed by atoms with van der Waals surface area (Å²) >= 11 is 0. The lowest BCUT2D eigenvalue weighted by molar-refractivity contribution is -0.123. The van der Waals surface area contributed by atoms with E-state index in [9.17, 15) is 4.79 Å². The Bertz CT molecular complexity index is 289. The molecule has 0 aliphatic heterocycles. The number of carbonyl (C=O) groups excluding carboxylic acids is 1. The van der Waals surface area contributed by atoms with E-state index in [1.807, 2.05) is 58.0 Å². The minimum atomic E-state index is -0.460. The maximum Gasteiger partial charge on any atom is 0.243 e. The van der Waals surface area contributed by atoms with E-state index in [-0.39, 0.29) is 6.61 Å². The number of primary amides is 1. The van der Waals surface area contributed by atoms with Crippen LogP contribution in [-0.2, 0) is 20.9 Å².